The molecule has 1 N–H and O–H groups in total. The molecule has 2 rings (SSSR count). The lowest BCUT2D eigenvalue weighted by atomic mass is 9.89. The molecule has 0 saturated carbocycles. The van der Waals surface area contributed by atoms with Crippen molar-refractivity contribution in [3.63, 3.8) is 0 Å². The lowest BCUT2D eigenvalue weighted by molar-refractivity contribution is -0.137. The van der Waals surface area contributed by atoms with Gasteiger partial charge in [-0.15, -0.1) is 0 Å². The Morgan fingerprint density at radius 1 is 1.24 bits per heavy atom. The maximum atomic E-state index is 12.4. The Morgan fingerprint density at radius 2 is 1.82 bits per heavy atom. The van der Waals surface area contributed by atoms with E-state index in [1.807, 2.05) is 0 Å². The van der Waals surface area contributed by atoms with Gasteiger partial charge in [-0.05, 0) is 17.7 Å². The zero-order chi connectivity index (χ0) is 12.6. The highest BCUT2D eigenvalue weighted by atomic mass is 19.4. The molecule has 1 aliphatic heterocycles. The van der Waals surface area contributed by atoms with Gasteiger partial charge >= 0.3 is 6.18 Å². The number of benzene rings is 1. The minimum Gasteiger partial charge on any atom is -0.355 e. The minimum atomic E-state index is -4.31. The first-order valence-electron chi connectivity index (χ1n) is 5.34. The third kappa shape index (κ3) is 2.28. The fraction of sp³-hybridized carbons (Fsp3) is 0.417. The van der Waals surface area contributed by atoms with Gasteiger partial charge < -0.3 is 5.32 Å². The number of halogens is 3. The molecular weight excluding hydrogens is 231 g/mol. The number of carbonyl (C=O) groups excluding carboxylic acids is 1. The summed E-state index contributed by atoms with van der Waals surface area (Å²) in [7, 11) is 0. The maximum absolute atomic E-state index is 12.4. The van der Waals surface area contributed by atoms with Crippen molar-refractivity contribution in [1.82, 2.24) is 5.32 Å². The number of hydrogen-bond donors (Lipinski definition) is 1. The predicted octanol–water partition coefficient (Wildman–Crippen LogP) is 2.55. The molecule has 2 atom stereocenters. The molecule has 1 heterocycles. The van der Waals surface area contributed by atoms with Crippen LogP contribution in [0, 0.1) is 5.92 Å². The van der Waals surface area contributed by atoms with Crippen LogP contribution in [-0.4, -0.2) is 12.5 Å². The van der Waals surface area contributed by atoms with Gasteiger partial charge in [0.2, 0.25) is 5.91 Å². The standard InChI is InChI=1S/C12H12F3NO/c1-7-10(6-16-11(7)17)8-2-4-9(5-3-8)12(13,14)15/h2-5,7,10H,6H2,1H3,(H,16,17). The normalized spacial score (nSPS) is 24.8. The molecule has 2 unspecified atom stereocenters. The van der Waals surface area contributed by atoms with Gasteiger partial charge in [-0.3, -0.25) is 4.79 Å². The van der Waals surface area contributed by atoms with E-state index >= 15 is 0 Å². The van der Waals surface area contributed by atoms with Gasteiger partial charge in [0.1, 0.15) is 0 Å². The summed E-state index contributed by atoms with van der Waals surface area (Å²) in [5, 5.41) is 2.70. The fourth-order valence-electron chi connectivity index (χ4n) is 2.06. The molecule has 1 aliphatic rings. The summed E-state index contributed by atoms with van der Waals surface area (Å²) < 4.78 is 37.1. The molecule has 0 aromatic heterocycles. The van der Waals surface area contributed by atoms with Crippen molar-refractivity contribution < 1.29 is 18.0 Å². The number of alkyl halides is 3. The van der Waals surface area contributed by atoms with E-state index in [1.54, 1.807) is 6.92 Å². The molecule has 0 aliphatic carbocycles. The average Bonchev–Trinajstić information content (AvgIpc) is 2.59. The molecule has 5 heteroatoms. The Hall–Kier alpha value is -1.52. The summed E-state index contributed by atoms with van der Waals surface area (Å²) in [5.41, 5.74) is 0.107. The van der Waals surface area contributed by atoms with Crippen molar-refractivity contribution in [3.05, 3.63) is 35.4 Å². The lowest BCUT2D eigenvalue weighted by Gasteiger charge is -2.14. The van der Waals surface area contributed by atoms with Crippen LogP contribution in [0.15, 0.2) is 24.3 Å². The molecule has 0 bridgehead atoms. The van der Waals surface area contributed by atoms with Gasteiger partial charge in [-0.1, -0.05) is 19.1 Å². The molecular formula is C12H12F3NO. The number of nitrogens with one attached hydrogen (secondary N) is 1. The molecule has 0 radical (unpaired) electrons. The number of carbonyl (C=O) groups is 1. The van der Waals surface area contributed by atoms with Crippen molar-refractivity contribution in [3.8, 4) is 0 Å². The molecule has 0 spiro atoms. The monoisotopic (exact) mass is 243 g/mol. The van der Waals surface area contributed by atoms with E-state index in [2.05, 4.69) is 5.32 Å². The highest BCUT2D eigenvalue weighted by Crippen LogP contribution is 2.32. The Morgan fingerprint density at radius 3 is 2.24 bits per heavy atom. The maximum Gasteiger partial charge on any atom is 0.416 e. The second-order valence-electron chi connectivity index (χ2n) is 4.26. The van der Waals surface area contributed by atoms with E-state index in [-0.39, 0.29) is 17.7 Å². The zero-order valence-corrected chi connectivity index (χ0v) is 9.21. The van der Waals surface area contributed by atoms with Crippen LogP contribution in [0.3, 0.4) is 0 Å². The SMILES string of the molecule is CC1C(=O)NCC1c1ccc(C(F)(F)F)cc1. The van der Waals surface area contributed by atoms with E-state index in [0.717, 1.165) is 17.7 Å². The smallest absolute Gasteiger partial charge is 0.355 e. The summed E-state index contributed by atoms with van der Waals surface area (Å²) in [4.78, 5) is 11.3. The third-order valence-electron chi connectivity index (χ3n) is 3.18. The first-order chi connectivity index (χ1) is 7.89. The summed E-state index contributed by atoms with van der Waals surface area (Å²) >= 11 is 0. The van der Waals surface area contributed by atoms with E-state index in [4.69, 9.17) is 0 Å². The molecule has 17 heavy (non-hydrogen) atoms. The highest BCUT2D eigenvalue weighted by molar-refractivity contribution is 5.81. The van der Waals surface area contributed by atoms with Crippen LogP contribution in [0.2, 0.25) is 0 Å². The minimum absolute atomic E-state index is 0.0372. The number of hydrogen-bond acceptors (Lipinski definition) is 1. The second-order valence-corrected chi connectivity index (χ2v) is 4.26. The predicted molar refractivity (Wildman–Crippen MR) is 56.4 cm³/mol. The van der Waals surface area contributed by atoms with Crippen molar-refractivity contribution in [2.24, 2.45) is 5.92 Å². The van der Waals surface area contributed by atoms with Crippen LogP contribution >= 0.6 is 0 Å². The van der Waals surface area contributed by atoms with Crippen LogP contribution in [0.25, 0.3) is 0 Å². The fourth-order valence-corrected chi connectivity index (χ4v) is 2.06. The molecule has 92 valence electrons. The molecule has 1 fully saturated rings. The van der Waals surface area contributed by atoms with Crippen LogP contribution in [0.4, 0.5) is 13.2 Å². The Bertz CT molecular complexity index is 424. The van der Waals surface area contributed by atoms with E-state index in [0.29, 0.717) is 6.54 Å². The van der Waals surface area contributed by atoms with Gasteiger partial charge in [-0.25, -0.2) is 0 Å². The van der Waals surface area contributed by atoms with Crippen LogP contribution in [0.5, 0.6) is 0 Å². The number of rotatable bonds is 1. The van der Waals surface area contributed by atoms with Crippen molar-refractivity contribution >= 4 is 5.91 Å². The van der Waals surface area contributed by atoms with E-state index in [9.17, 15) is 18.0 Å². The quantitative estimate of drug-likeness (QED) is 0.807. The first kappa shape index (κ1) is 12.0. The molecule has 2 nitrogen and oxygen atoms in total. The van der Waals surface area contributed by atoms with Gasteiger partial charge in [0.15, 0.2) is 0 Å². The lowest BCUT2D eigenvalue weighted by Crippen LogP contribution is -2.16. The molecule has 1 amide bonds. The average molecular weight is 243 g/mol. The Balaban J connectivity index is 2.22. The highest BCUT2D eigenvalue weighted by Gasteiger charge is 2.33. The summed E-state index contributed by atoms with van der Waals surface area (Å²) in [5.74, 6) is -0.272. The van der Waals surface area contributed by atoms with Gasteiger partial charge in [0.05, 0.1) is 5.56 Å². The molecule has 1 saturated heterocycles. The zero-order valence-electron chi connectivity index (χ0n) is 9.21. The molecule has 1 aromatic carbocycles. The summed E-state index contributed by atoms with van der Waals surface area (Å²) in [6.07, 6.45) is -4.31. The van der Waals surface area contributed by atoms with Crippen LogP contribution < -0.4 is 5.32 Å². The topological polar surface area (TPSA) is 29.1 Å². The summed E-state index contributed by atoms with van der Waals surface area (Å²) in [6.45, 7) is 2.27. The van der Waals surface area contributed by atoms with E-state index < -0.39 is 11.7 Å². The van der Waals surface area contributed by atoms with Gasteiger partial charge in [0, 0.05) is 18.4 Å². The first-order valence-corrected chi connectivity index (χ1v) is 5.34. The van der Waals surface area contributed by atoms with E-state index in [1.165, 1.54) is 12.1 Å². The summed E-state index contributed by atoms with van der Waals surface area (Å²) in [6, 6.07) is 5.02. The van der Waals surface area contributed by atoms with Gasteiger partial charge in [-0.2, -0.15) is 13.2 Å². The van der Waals surface area contributed by atoms with Gasteiger partial charge in [0.25, 0.3) is 0 Å². The van der Waals surface area contributed by atoms with Crippen molar-refractivity contribution in [1.29, 1.82) is 0 Å². The van der Waals surface area contributed by atoms with Crippen LogP contribution in [-0.2, 0) is 11.0 Å². The Labute approximate surface area is 96.8 Å². The Kier molecular flexibility index (Phi) is 2.85. The molecule has 1 aromatic rings. The largest absolute Gasteiger partial charge is 0.416 e. The van der Waals surface area contributed by atoms with Crippen molar-refractivity contribution in [2.45, 2.75) is 19.0 Å². The number of amides is 1. The van der Waals surface area contributed by atoms with Crippen molar-refractivity contribution in [2.75, 3.05) is 6.54 Å². The van der Waals surface area contributed by atoms with Crippen LogP contribution in [0.1, 0.15) is 24.0 Å². The second kappa shape index (κ2) is 4.05. The third-order valence-corrected chi connectivity index (χ3v) is 3.18.